The van der Waals surface area contributed by atoms with Crippen LogP contribution in [0.2, 0.25) is 0 Å². The minimum atomic E-state index is -0.335. The molecule has 0 saturated heterocycles. The second kappa shape index (κ2) is 4.78. The number of thiazole rings is 1. The van der Waals surface area contributed by atoms with Crippen molar-refractivity contribution in [2.75, 3.05) is 7.11 Å². The molecule has 2 heterocycles. The third-order valence-corrected chi connectivity index (χ3v) is 3.79. The maximum atomic E-state index is 11.5. The van der Waals surface area contributed by atoms with E-state index in [4.69, 9.17) is 4.74 Å². The molecule has 3 rings (SSSR count). The molecule has 0 aliphatic rings. The highest BCUT2D eigenvalue weighted by atomic mass is 32.1. The number of hydrogen-bond acceptors (Lipinski definition) is 5. The van der Waals surface area contributed by atoms with E-state index in [2.05, 4.69) is 9.97 Å². The smallest absolute Gasteiger partial charge is 0.337 e. The number of carbonyl (C=O) groups excluding carboxylic acids is 1. The molecule has 0 bridgehead atoms. The van der Waals surface area contributed by atoms with Crippen molar-refractivity contribution in [3.8, 4) is 10.6 Å². The zero-order valence-corrected chi connectivity index (χ0v) is 11.0. The first-order valence-electron chi connectivity index (χ1n) is 5.67. The normalized spacial score (nSPS) is 10.6. The molecule has 0 amide bonds. The van der Waals surface area contributed by atoms with Crippen molar-refractivity contribution >= 4 is 27.5 Å². The summed E-state index contributed by atoms with van der Waals surface area (Å²) in [5.74, 6) is -0.335. The highest BCUT2D eigenvalue weighted by Crippen LogP contribution is 2.30. The Morgan fingerprint density at radius 3 is 2.95 bits per heavy atom. The molecule has 19 heavy (non-hydrogen) atoms. The number of benzene rings is 1. The standard InChI is InChI=1S/C14H10N2O2S/c1-18-14(17)9-4-5-11-12(7-9)19-13(16-11)10-3-2-6-15-8-10/h2-8H,1H3. The first kappa shape index (κ1) is 11.8. The fourth-order valence-corrected chi connectivity index (χ4v) is 2.78. The van der Waals surface area contributed by atoms with Crippen molar-refractivity contribution in [1.82, 2.24) is 9.97 Å². The molecule has 0 N–H and O–H groups in total. The summed E-state index contributed by atoms with van der Waals surface area (Å²) in [6.07, 6.45) is 3.51. The van der Waals surface area contributed by atoms with Crippen molar-refractivity contribution in [3.63, 3.8) is 0 Å². The highest BCUT2D eigenvalue weighted by molar-refractivity contribution is 7.21. The van der Waals surface area contributed by atoms with Gasteiger partial charge in [0.15, 0.2) is 0 Å². The zero-order valence-electron chi connectivity index (χ0n) is 10.2. The van der Waals surface area contributed by atoms with Crippen molar-refractivity contribution in [2.24, 2.45) is 0 Å². The summed E-state index contributed by atoms with van der Waals surface area (Å²) in [5.41, 5.74) is 2.39. The fourth-order valence-electron chi connectivity index (χ4n) is 1.78. The quantitative estimate of drug-likeness (QED) is 0.671. The summed E-state index contributed by atoms with van der Waals surface area (Å²) in [6.45, 7) is 0. The van der Waals surface area contributed by atoms with Gasteiger partial charge in [-0.25, -0.2) is 9.78 Å². The van der Waals surface area contributed by atoms with E-state index in [9.17, 15) is 4.79 Å². The number of nitrogens with zero attached hydrogens (tertiary/aromatic N) is 2. The van der Waals surface area contributed by atoms with E-state index in [0.29, 0.717) is 5.56 Å². The number of pyridine rings is 1. The molecule has 1 aromatic carbocycles. The van der Waals surface area contributed by atoms with Gasteiger partial charge in [0.25, 0.3) is 0 Å². The lowest BCUT2D eigenvalue weighted by atomic mass is 10.2. The van der Waals surface area contributed by atoms with E-state index >= 15 is 0 Å². The molecule has 4 nitrogen and oxygen atoms in total. The van der Waals surface area contributed by atoms with E-state index in [1.54, 1.807) is 24.5 Å². The summed E-state index contributed by atoms with van der Waals surface area (Å²) in [4.78, 5) is 20.1. The molecule has 0 unspecified atom stereocenters. The maximum Gasteiger partial charge on any atom is 0.337 e. The largest absolute Gasteiger partial charge is 0.465 e. The monoisotopic (exact) mass is 270 g/mol. The van der Waals surface area contributed by atoms with Gasteiger partial charge in [-0.3, -0.25) is 4.98 Å². The number of rotatable bonds is 2. The Balaban J connectivity index is 2.09. The van der Waals surface area contributed by atoms with Gasteiger partial charge in [-0.1, -0.05) is 0 Å². The van der Waals surface area contributed by atoms with Crippen LogP contribution in [0.15, 0.2) is 42.7 Å². The van der Waals surface area contributed by atoms with Gasteiger partial charge < -0.3 is 4.74 Å². The number of aromatic nitrogens is 2. The van der Waals surface area contributed by atoms with Gasteiger partial charge in [0.05, 0.1) is 22.9 Å². The minimum absolute atomic E-state index is 0.335. The third kappa shape index (κ3) is 2.20. The molecule has 0 spiro atoms. The van der Waals surface area contributed by atoms with E-state index in [0.717, 1.165) is 20.8 Å². The Kier molecular flexibility index (Phi) is 2.97. The van der Waals surface area contributed by atoms with Crippen LogP contribution in [0.5, 0.6) is 0 Å². The topological polar surface area (TPSA) is 52.1 Å². The Hall–Kier alpha value is -2.27. The highest BCUT2D eigenvalue weighted by Gasteiger charge is 2.10. The number of carbonyl (C=O) groups is 1. The third-order valence-electron chi connectivity index (χ3n) is 2.72. The number of esters is 1. The van der Waals surface area contributed by atoms with Gasteiger partial charge >= 0.3 is 5.97 Å². The second-order valence-electron chi connectivity index (χ2n) is 3.93. The van der Waals surface area contributed by atoms with E-state index in [1.807, 2.05) is 18.2 Å². The van der Waals surface area contributed by atoms with Crippen molar-refractivity contribution < 1.29 is 9.53 Å². The van der Waals surface area contributed by atoms with Crippen molar-refractivity contribution in [1.29, 1.82) is 0 Å². The Bertz CT molecular complexity index is 738. The molecule has 0 aliphatic carbocycles. The summed E-state index contributed by atoms with van der Waals surface area (Å²) >= 11 is 1.53. The summed E-state index contributed by atoms with van der Waals surface area (Å²) in [7, 11) is 1.38. The van der Waals surface area contributed by atoms with Gasteiger partial charge in [0, 0.05) is 18.0 Å². The van der Waals surface area contributed by atoms with Gasteiger partial charge in [0.2, 0.25) is 0 Å². The zero-order chi connectivity index (χ0) is 13.2. The fraction of sp³-hybridized carbons (Fsp3) is 0.0714. The van der Waals surface area contributed by atoms with Crippen LogP contribution in [0.25, 0.3) is 20.8 Å². The van der Waals surface area contributed by atoms with E-state index < -0.39 is 0 Å². The molecule has 0 aliphatic heterocycles. The van der Waals surface area contributed by atoms with Gasteiger partial charge in [-0.15, -0.1) is 11.3 Å². The molecule has 0 fully saturated rings. The molecule has 0 radical (unpaired) electrons. The lowest BCUT2D eigenvalue weighted by Gasteiger charge is -1.97. The molecular weight excluding hydrogens is 260 g/mol. The van der Waals surface area contributed by atoms with Crippen LogP contribution in [0.4, 0.5) is 0 Å². The average molecular weight is 270 g/mol. The lowest BCUT2D eigenvalue weighted by molar-refractivity contribution is 0.0601. The van der Waals surface area contributed by atoms with Gasteiger partial charge in [0.1, 0.15) is 5.01 Å². The Labute approximate surface area is 113 Å². The first-order chi connectivity index (χ1) is 9.28. The predicted octanol–water partition coefficient (Wildman–Crippen LogP) is 3.14. The van der Waals surface area contributed by atoms with E-state index in [-0.39, 0.29) is 5.97 Å². The second-order valence-corrected chi connectivity index (χ2v) is 4.97. The predicted molar refractivity (Wildman–Crippen MR) is 74.2 cm³/mol. The molecule has 3 aromatic rings. The number of ether oxygens (including phenoxy) is 1. The SMILES string of the molecule is COC(=O)c1ccc2nc(-c3cccnc3)sc2c1. The van der Waals surface area contributed by atoms with Crippen LogP contribution in [0, 0.1) is 0 Å². The number of fused-ring (bicyclic) bond motifs is 1. The minimum Gasteiger partial charge on any atom is -0.465 e. The van der Waals surface area contributed by atoms with Gasteiger partial charge in [-0.05, 0) is 30.3 Å². The van der Waals surface area contributed by atoms with Crippen LogP contribution < -0.4 is 0 Å². The summed E-state index contributed by atoms with van der Waals surface area (Å²) in [6, 6.07) is 9.20. The summed E-state index contributed by atoms with van der Waals surface area (Å²) < 4.78 is 5.67. The maximum absolute atomic E-state index is 11.5. The van der Waals surface area contributed by atoms with Crippen LogP contribution in [0.3, 0.4) is 0 Å². The van der Waals surface area contributed by atoms with Crippen LogP contribution in [0.1, 0.15) is 10.4 Å². The summed E-state index contributed by atoms with van der Waals surface area (Å²) in [5, 5.41) is 0.894. The Morgan fingerprint density at radius 1 is 1.32 bits per heavy atom. The van der Waals surface area contributed by atoms with E-state index in [1.165, 1.54) is 18.4 Å². The average Bonchev–Trinajstić information content (AvgIpc) is 2.90. The van der Waals surface area contributed by atoms with Crippen LogP contribution >= 0.6 is 11.3 Å². The molecule has 0 atom stereocenters. The number of hydrogen-bond donors (Lipinski definition) is 0. The van der Waals surface area contributed by atoms with Gasteiger partial charge in [-0.2, -0.15) is 0 Å². The number of methoxy groups -OCH3 is 1. The van der Waals surface area contributed by atoms with Crippen LogP contribution in [-0.2, 0) is 4.74 Å². The van der Waals surface area contributed by atoms with Crippen LogP contribution in [-0.4, -0.2) is 23.0 Å². The van der Waals surface area contributed by atoms with Crippen molar-refractivity contribution in [2.45, 2.75) is 0 Å². The molecule has 2 aromatic heterocycles. The molecule has 5 heteroatoms. The van der Waals surface area contributed by atoms with Crippen molar-refractivity contribution in [3.05, 3.63) is 48.3 Å². The molecule has 94 valence electrons. The molecule has 0 saturated carbocycles. The first-order valence-corrected chi connectivity index (χ1v) is 6.49. The lowest BCUT2D eigenvalue weighted by Crippen LogP contribution is -1.99. The Morgan fingerprint density at radius 2 is 2.21 bits per heavy atom. The molecular formula is C14H10N2O2S.